The lowest BCUT2D eigenvalue weighted by Crippen LogP contribution is -1.73. The minimum absolute atomic E-state index is 0.492. The smallest absolute Gasteiger partial charge is 0.0987 e. The summed E-state index contributed by atoms with van der Waals surface area (Å²) in [4.78, 5) is 0. The first-order valence-electron chi connectivity index (χ1n) is 1.36. The monoisotopic (exact) mass is 121 g/mol. The highest BCUT2D eigenvalue weighted by Crippen LogP contribution is 1.93. The summed E-state index contributed by atoms with van der Waals surface area (Å²) in [5.41, 5.74) is 0. The van der Waals surface area contributed by atoms with Crippen LogP contribution >= 0.6 is 11.8 Å². The molecular formula is C3H5OS2. The van der Waals surface area contributed by atoms with Crippen LogP contribution in [0, 0.1) is 6.26 Å². The maximum atomic E-state index is 9.68. The van der Waals surface area contributed by atoms with Crippen molar-refractivity contribution in [2.24, 2.45) is 0 Å². The standard InChI is InChI=1S/C3H5OS2/c1-3(5-2)6-4/h2H2,1H3. The molecule has 1 nitrogen and oxygen atoms in total. The Morgan fingerprint density at radius 3 is 2.33 bits per heavy atom. The molecule has 0 aromatic heterocycles. The van der Waals surface area contributed by atoms with Crippen LogP contribution in [0.2, 0.25) is 0 Å². The molecule has 0 bridgehead atoms. The van der Waals surface area contributed by atoms with Gasteiger partial charge in [0.15, 0.2) is 0 Å². The van der Waals surface area contributed by atoms with Gasteiger partial charge in [-0.3, -0.25) is 0 Å². The lowest BCUT2D eigenvalue weighted by molar-refractivity contribution is 0.701. The Balaban J connectivity index is 3.52. The van der Waals surface area contributed by atoms with Crippen LogP contribution in [-0.2, 0) is 11.3 Å². The van der Waals surface area contributed by atoms with Crippen LogP contribution in [0.3, 0.4) is 0 Å². The van der Waals surface area contributed by atoms with Gasteiger partial charge in [-0.1, -0.05) is 0 Å². The summed E-state index contributed by atoms with van der Waals surface area (Å²) in [5, 5.41) is 0. The third-order valence-electron chi connectivity index (χ3n) is 0.321. The maximum Gasteiger partial charge on any atom is 0.0987 e. The molecule has 0 rings (SSSR count). The predicted octanol–water partition coefficient (Wildman–Crippen LogP) is 0.874. The van der Waals surface area contributed by atoms with Crippen LogP contribution in [0.5, 0.6) is 0 Å². The van der Waals surface area contributed by atoms with E-state index in [-0.39, 0.29) is 0 Å². The summed E-state index contributed by atoms with van der Waals surface area (Å²) in [7, 11) is 0. The molecule has 1 radical (unpaired) electrons. The van der Waals surface area contributed by atoms with Gasteiger partial charge in [0.25, 0.3) is 0 Å². The van der Waals surface area contributed by atoms with Gasteiger partial charge in [0, 0.05) is 6.26 Å². The van der Waals surface area contributed by atoms with E-state index < -0.39 is 0 Å². The van der Waals surface area contributed by atoms with Crippen molar-refractivity contribution in [1.29, 1.82) is 0 Å². The molecule has 0 atom stereocenters. The van der Waals surface area contributed by atoms with E-state index in [0.29, 0.717) is 11.3 Å². The van der Waals surface area contributed by atoms with Crippen molar-refractivity contribution in [3.8, 4) is 0 Å². The van der Waals surface area contributed by atoms with Gasteiger partial charge < -0.3 is 0 Å². The zero-order valence-corrected chi connectivity index (χ0v) is 5.06. The van der Waals surface area contributed by atoms with Crippen molar-refractivity contribution in [2.75, 3.05) is 0 Å². The Bertz CT molecular complexity index is 82.8. The Morgan fingerprint density at radius 2 is 2.33 bits per heavy atom. The third kappa shape index (κ3) is 2.48. The first kappa shape index (κ1) is 6.24. The van der Waals surface area contributed by atoms with Crippen molar-refractivity contribution >= 4 is 27.2 Å². The highest BCUT2D eigenvalue weighted by molar-refractivity contribution is 8.21. The summed E-state index contributed by atoms with van der Waals surface area (Å²) >= 11 is 1.73. The highest BCUT2D eigenvalue weighted by atomic mass is 32.2. The van der Waals surface area contributed by atoms with E-state index in [0.717, 1.165) is 4.20 Å². The van der Waals surface area contributed by atoms with Crippen molar-refractivity contribution in [1.82, 2.24) is 0 Å². The molecule has 0 fully saturated rings. The Kier molecular flexibility index (Phi) is 3.57. The molecule has 0 aliphatic carbocycles. The minimum atomic E-state index is 0.492. The van der Waals surface area contributed by atoms with Gasteiger partial charge in [-0.25, -0.2) is 4.21 Å². The Hall–Kier alpha value is 0.240. The van der Waals surface area contributed by atoms with E-state index in [2.05, 4.69) is 6.26 Å². The number of hydrogen-bond acceptors (Lipinski definition) is 2. The fraction of sp³-hybridized carbons (Fsp3) is 0.333. The largest absolute Gasteiger partial charge is 0.212 e. The molecule has 0 saturated heterocycles. The fourth-order valence-electron chi connectivity index (χ4n) is 0.0241. The second-order valence-corrected chi connectivity index (χ2v) is 2.66. The summed E-state index contributed by atoms with van der Waals surface area (Å²) < 4.78 is 10.4. The van der Waals surface area contributed by atoms with Gasteiger partial charge >= 0.3 is 0 Å². The molecule has 6 heavy (non-hydrogen) atoms. The zero-order valence-electron chi connectivity index (χ0n) is 3.43. The molecule has 0 spiro atoms. The highest BCUT2D eigenvalue weighted by Gasteiger charge is 1.76. The molecule has 3 heteroatoms. The van der Waals surface area contributed by atoms with E-state index in [4.69, 9.17) is 0 Å². The fourth-order valence-corrected chi connectivity index (χ4v) is 0.217. The van der Waals surface area contributed by atoms with Crippen LogP contribution in [-0.4, -0.2) is 8.41 Å². The van der Waals surface area contributed by atoms with Gasteiger partial charge in [-0.05, 0) is 6.92 Å². The lowest BCUT2D eigenvalue weighted by Gasteiger charge is -1.76. The van der Waals surface area contributed by atoms with E-state index in [1.807, 2.05) is 0 Å². The second-order valence-electron chi connectivity index (χ2n) is 0.719. The summed E-state index contributed by atoms with van der Waals surface area (Å²) in [6.07, 6.45) is 3.42. The predicted molar refractivity (Wildman–Crippen MR) is 31.8 cm³/mol. The van der Waals surface area contributed by atoms with Crippen molar-refractivity contribution in [3.05, 3.63) is 6.26 Å². The average molecular weight is 121 g/mol. The molecule has 0 amide bonds. The first-order chi connectivity index (χ1) is 2.81. The molecule has 0 unspecified atom stereocenters. The normalized spacial score (nSPS) is 7.67. The zero-order chi connectivity index (χ0) is 4.99. The van der Waals surface area contributed by atoms with E-state index in [9.17, 15) is 4.21 Å². The molecule has 0 aliphatic heterocycles. The lowest BCUT2D eigenvalue weighted by atomic mass is 11.0. The van der Waals surface area contributed by atoms with E-state index >= 15 is 0 Å². The Morgan fingerprint density at radius 1 is 1.83 bits per heavy atom. The minimum Gasteiger partial charge on any atom is -0.212 e. The van der Waals surface area contributed by atoms with Crippen molar-refractivity contribution in [2.45, 2.75) is 6.92 Å². The van der Waals surface area contributed by atoms with Gasteiger partial charge in [0.05, 0.1) is 15.5 Å². The number of thioether (sulfide) groups is 1. The maximum absolute atomic E-state index is 9.68. The van der Waals surface area contributed by atoms with Crippen LogP contribution in [0.4, 0.5) is 0 Å². The van der Waals surface area contributed by atoms with E-state index in [1.54, 1.807) is 6.92 Å². The second kappa shape index (κ2) is 3.43. The quantitative estimate of drug-likeness (QED) is 0.442. The molecule has 0 aromatic carbocycles. The average Bonchev–Trinajstić information content (AvgIpc) is 1.65. The van der Waals surface area contributed by atoms with Crippen molar-refractivity contribution < 1.29 is 4.21 Å². The number of hydrogen-bond donors (Lipinski definition) is 0. The molecule has 0 aromatic rings. The van der Waals surface area contributed by atoms with Crippen LogP contribution in [0.15, 0.2) is 0 Å². The molecule has 35 valence electrons. The van der Waals surface area contributed by atoms with Gasteiger partial charge in [0.1, 0.15) is 0 Å². The van der Waals surface area contributed by atoms with Gasteiger partial charge in [0.2, 0.25) is 0 Å². The summed E-state index contributed by atoms with van der Waals surface area (Å²) in [5.74, 6) is 0. The van der Waals surface area contributed by atoms with Crippen LogP contribution in [0.25, 0.3) is 0 Å². The molecular weight excluding hydrogens is 116 g/mol. The molecule has 0 aliphatic rings. The summed E-state index contributed by atoms with van der Waals surface area (Å²) in [6, 6.07) is 0. The van der Waals surface area contributed by atoms with Crippen molar-refractivity contribution in [3.63, 3.8) is 0 Å². The Labute approximate surface area is 45.2 Å². The van der Waals surface area contributed by atoms with Crippen LogP contribution < -0.4 is 0 Å². The third-order valence-corrected chi connectivity index (χ3v) is 1.52. The molecule has 0 saturated carbocycles. The topological polar surface area (TPSA) is 17.1 Å². The van der Waals surface area contributed by atoms with Gasteiger partial charge in [-0.15, -0.1) is 11.8 Å². The SMILES string of the molecule is [CH2]SC(C)=S=O. The molecule has 0 N–H and O–H groups in total. The van der Waals surface area contributed by atoms with Crippen LogP contribution in [0.1, 0.15) is 6.92 Å². The number of rotatable bonds is 0. The molecule has 0 heterocycles. The van der Waals surface area contributed by atoms with E-state index in [1.165, 1.54) is 11.8 Å². The summed E-state index contributed by atoms with van der Waals surface area (Å²) in [6.45, 7) is 1.75. The first-order valence-corrected chi connectivity index (χ1v) is 3.09. The van der Waals surface area contributed by atoms with Gasteiger partial charge in [-0.2, -0.15) is 0 Å².